The van der Waals surface area contributed by atoms with E-state index in [9.17, 15) is 34.0 Å². The number of anilines is 1. The van der Waals surface area contributed by atoms with Crippen molar-refractivity contribution in [1.82, 2.24) is 19.5 Å². The van der Waals surface area contributed by atoms with E-state index in [-0.39, 0.29) is 17.0 Å². The van der Waals surface area contributed by atoms with Gasteiger partial charge in [-0.1, -0.05) is 11.8 Å². The fourth-order valence-electron chi connectivity index (χ4n) is 2.64. The molecular weight excluding hydrogens is 521 g/mol. The highest BCUT2D eigenvalue weighted by Gasteiger charge is 2.44. The van der Waals surface area contributed by atoms with Crippen LogP contribution in [-0.4, -0.2) is 59.9 Å². The Kier molecular flexibility index (Phi) is 7.49. The first-order chi connectivity index (χ1) is 14.8. The van der Waals surface area contributed by atoms with E-state index in [1.54, 1.807) is 0 Å². The highest BCUT2D eigenvalue weighted by Crippen LogP contribution is 2.60. The summed E-state index contributed by atoms with van der Waals surface area (Å²) in [6.45, 7) is -5.78. The molecule has 1 aliphatic heterocycles. The number of nitrogen functional groups attached to an aromatic ring is 1. The second-order valence-corrected chi connectivity index (χ2v) is 12.1. The van der Waals surface area contributed by atoms with Gasteiger partial charge in [-0.05, 0) is 0 Å². The molecule has 0 aromatic carbocycles. The number of nitrogens with zero attached hydrogens (tertiary/aromatic N) is 4. The summed E-state index contributed by atoms with van der Waals surface area (Å²) in [4.78, 5) is 46.3. The summed E-state index contributed by atoms with van der Waals surface area (Å²) in [7, 11) is -11.2. The van der Waals surface area contributed by atoms with E-state index in [1.165, 1.54) is 10.9 Å². The zero-order valence-corrected chi connectivity index (χ0v) is 18.9. The Hall–Kier alpha value is -0.980. The molecule has 22 heteroatoms. The molecule has 1 fully saturated rings. The van der Waals surface area contributed by atoms with Gasteiger partial charge in [-0.2, -0.15) is 5.25 Å². The van der Waals surface area contributed by atoms with E-state index in [1.807, 2.05) is 0 Å². The lowest BCUT2D eigenvalue weighted by atomic mass is 10.1. The van der Waals surface area contributed by atoms with Crippen molar-refractivity contribution in [3.8, 4) is 0 Å². The number of hydrogen-bond donors (Lipinski definition) is 5. The van der Waals surface area contributed by atoms with E-state index in [0.29, 0.717) is 0 Å². The minimum Gasteiger partial charge on any atom is -0.779 e. The molecule has 7 N–H and O–H groups in total. The molecule has 180 valence electrons. The van der Waals surface area contributed by atoms with Crippen LogP contribution in [0, 0.1) is 0 Å². The Morgan fingerprint density at radius 3 is 2.56 bits per heavy atom. The summed E-state index contributed by atoms with van der Waals surface area (Å²) in [5.74, 6) is 0.0524. The fraction of sp³-hybridized carbons (Fsp3) is 0.500. The third-order valence-corrected chi connectivity index (χ3v) is 8.93. The van der Waals surface area contributed by atoms with E-state index < -0.39 is 58.7 Å². The van der Waals surface area contributed by atoms with Gasteiger partial charge in [-0.15, -0.1) is 0 Å². The van der Waals surface area contributed by atoms with Crippen LogP contribution < -0.4 is 25.7 Å². The Bertz CT molecular complexity index is 1130. The molecule has 1 aliphatic rings. The van der Waals surface area contributed by atoms with Crippen molar-refractivity contribution >= 4 is 51.1 Å². The van der Waals surface area contributed by atoms with Crippen LogP contribution in [0.15, 0.2) is 12.7 Å². The molecule has 3 unspecified atom stereocenters. The van der Waals surface area contributed by atoms with Gasteiger partial charge in [0.15, 0.2) is 17.7 Å². The monoisotopic (exact) mass is 536 g/mol. The maximum Gasteiger partial charge on any atom is 0.363 e. The first-order valence-electron chi connectivity index (χ1n) is 8.18. The summed E-state index contributed by atoms with van der Waals surface area (Å²) in [5.41, 5.74) is 6.05. The zero-order chi connectivity index (χ0) is 23.9. The summed E-state index contributed by atoms with van der Waals surface area (Å²) in [5, 5.41) is 28.3. The molecule has 2 aromatic heterocycles. The van der Waals surface area contributed by atoms with Gasteiger partial charge in [0.1, 0.15) is 36.9 Å². The van der Waals surface area contributed by atoms with E-state index in [4.69, 9.17) is 15.7 Å². The molecule has 0 bridgehead atoms. The molecular formula is C10H15N6O12P3S-2. The van der Waals surface area contributed by atoms with Crippen molar-refractivity contribution < 1.29 is 62.4 Å². The van der Waals surface area contributed by atoms with Gasteiger partial charge in [0.2, 0.25) is 0 Å². The van der Waals surface area contributed by atoms with E-state index >= 15 is 0 Å². The van der Waals surface area contributed by atoms with Crippen LogP contribution >= 0.6 is 22.3 Å². The van der Waals surface area contributed by atoms with Crippen LogP contribution in [0.5, 0.6) is 0 Å². The molecule has 3 heterocycles. The molecule has 0 aliphatic carbocycles. The number of aliphatic hydroxyl groups excluding tert-OH is 2. The molecule has 2 aromatic rings. The topological polar surface area (TPSA) is 287 Å². The van der Waals surface area contributed by atoms with Crippen molar-refractivity contribution in [2.75, 3.05) is 12.3 Å². The Morgan fingerprint density at radius 2 is 1.91 bits per heavy atom. The Labute approximate surface area is 183 Å². The number of quaternary nitrogens is 1. The normalized spacial score (nSPS) is 29.4. The number of ether oxygens (including phenoxy) is 1. The highest BCUT2D eigenvalue weighted by atomic mass is 32.5. The number of phosphoric acid groups is 1. The second-order valence-electron chi connectivity index (χ2n) is 6.14. The third-order valence-electron chi connectivity index (χ3n) is 3.95. The molecule has 1 saturated heterocycles. The van der Waals surface area contributed by atoms with E-state index in [0.717, 1.165) is 6.33 Å². The summed E-state index contributed by atoms with van der Waals surface area (Å²) in [6, 6.07) is 0. The molecule has 0 radical (unpaired) electrons. The average molecular weight is 536 g/mol. The highest BCUT2D eigenvalue weighted by molar-refractivity contribution is 8.07. The van der Waals surface area contributed by atoms with Crippen LogP contribution in [0.4, 0.5) is 5.82 Å². The molecule has 7 atom stereocenters. The van der Waals surface area contributed by atoms with Gasteiger partial charge < -0.3 is 39.9 Å². The van der Waals surface area contributed by atoms with Crippen LogP contribution in [0.25, 0.3) is 11.2 Å². The van der Waals surface area contributed by atoms with Gasteiger partial charge in [-0.25, -0.2) is 29.0 Å². The smallest absolute Gasteiger partial charge is 0.363 e. The molecule has 0 spiro atoms. The summed E-state index contributed by atoms with van der Waals surface area (Å²) < 4.78 is 41.3. The largest absolute Gasteiger partial charge is 0.779 e. The number of rotatable bonds is 9. The predicted molar refractivity (Wildman–Crippen MR) is 97.0 cm³/mol. The van der Waals surface area contributed by atoms with Crippen molar-refractivity contribution in [2.24, 2.45) is 0 Å². The van der Waals surface area contributed by atoms with Crippen molar-refractivity contribution in [2.45, 2.75) is 24.5 Å². The number of aliphatic hydroxyl groups is 2. The van der Waals surface area contributed by atoms with E-state index in [2.05, 4.69) is 39.9 Å². The van der Waals surface area contributed by atoms with Crippen LogP contribution in [0.2, 0.25) is 0 Å². The minimum atomic E-state index is -5.82. The van der Waals surface area contributed by atoms with Gasteiger partial charge in [-0.3, -0.25) is 13.4 Å². The summed E-state index contributed by atoms with van der Waals surface area (Å²) >= 11 is 4.36. The minimum absolute atomic E-state index is 0.0524. The average Bonchev–Trinajstić information content (AvgIpc) is 3.21. The molecule has 0 saturated carbocycles. The Morgan fingerprint density at radius 1 is 1.22 bits per heavy atom. The van der Waals surface area contributed by atoms with Crippen molar-refractivity contribution in [3.05, 3.63) is 12.7 Å². The standard InChI is InChI=1S/C10H17N6O12P3S/c11-8-5-9(13-2-12-8)16(3-14-5)10-7(18)6(17)4(26-10)1-25-31(24,32)28-30(22,23)27-29(20,21)15-19/h2-4,6-7,10,17-19H,1H2,(H,22,23)(H,24,32)(H2,11,12,13)(H2,15,20,21)/p-2/t4-,6-,7-,10-,31?/m1/s1. The first-order valence-corrected chi connectivity index (χ1v) is 13.8. The van der Waals surface area contributed by atoms with Gasteiger partial charge in [0, 0.05) is 0 Å². The fourth-order valence-corrected chi connectivity index (χ4v) is 6.73. The Balaban J connectivity index is 1.68. The van der Waals surface area contributed by atoms with Crippen molar-refractivity contribution in [1.29, 1.82) is 0 Å². The van der Waals surface area contributed by atoms with Gasteiger partial charge in [0.05, 0.1) is 12.9 Å². The SMILES string of the molecule is Nc1ncnc2c1ncn2[C@@H]1O[C@H](COP([O-])(=S)OP(=O)([O-])OP(=O)([O-])[NH2+]O)[C@@H](O)[C@H]1O. The zero-order valence-electron chi connectivity index (χ0n) is 15.4. The number of fused-ring (bicyclic) bond motifs is 1. The van der Waals surface area contributed by atoms with Crippen molar-refractivity contribution in [3.63, 3.8) is 0 Å². The lowest BCUT2D eigenvalue weighted by molar-refractivity contribution is -0.797. The maximum atomic E-state index is 12.1. The van der Waals surface area contributed by atoms with Gasteiger partial charge >= 0.3 is 7.75 Å². The molecule has 3 rings (SSSR count). The number of imidazole rings is 1. The number of hydrogen-bond acceptors (Lipinski definition) is 17. The lowest BCUT2D eigenvalue weighted by Crippen LogP contribution is -2.77. The summed E-state index contributed by atoms with van der Waals surface area (Å²) in [6.07, 6.45) is -3.50. The second kappa shape index (κ2) is 9.34. The maximum absolute atomic E-state index is 12.1. The predicted octanol–water partition coefficient (Wildman–Crippen LogP) is -4.45. The van der Waals surface area contributed by atoms with Crippen LogP contribution in [0.3, 0.4) is 0 Å². The van der Waals surface area contributed by atoms with Crippen LogP contribution in [-0.2, 0) is 38.8 Å². The first kappa shape index (κ1) is 25.6. The molecule has 32 heavy (non-hydrogen) atoms. The molecule has 0 amide bonds. The molecule has 18 nitrogen and oxygen atoms in total. The quantitative estimate of drug-likeness (QED) is 0.149. The number of aromatic nitrogens is 4. The van der Waals surface area contributed by atoms with Gasteiger partial charge in [0.25, 0.3) is 7.82 Å². The van der Waals surface area contributed by atoms with Crippen LogP contribution in [0.1, 0.15) is 6.23 Å². The lowest BCUT2D eigenvalue weighted by Gasteiger charge is -2.35. The third kappa shape index (κ3) is 5.74. The number of nitrogens with two attached hydrogens (primary N) is 2.